The van der Waals surface area contributed by atoms with Crippen molar-refractivity contribution in [1.29, 1.82) is 0 Å². The van der Waals surface area contributed by atoms with Crippen LogP contribution in [-0.4, -0.2) is 17.4 Å². The minimum Gasteiger partial charge on any atom is -0.507 e. The number of benzene rings is 1. The lowest BCUT2D eigenvalue weighted by atomic mass is 10.0. The predicted molar refractivity (Wildman–Crippen MR) is 59.3 cm³/mol. The number of phenols is 1. The van der Waals surface area contributed by atoms with Gasteiger partial charge in [-0.25, -0.2) is 0 Å². The fourth-order valence-corrected chi connectivity index (χ4v) is 1.57. The normalized spacial score (nSPS) is 10.4. The van der Waals surface area contributed by atoms with E-state index in [0.29, 0.717) is 22.4 Å². The van der Waals surface area contributed by atoms with Gasteiger partial charge in [0.2, 0.25) is 5.88 Å². The molecule has 0 atom stereocenters. The standard InChI is InChI=1S/C11H12N2O3/c1-6-9(15-2)4-3-7(10(6)14)8-5-13-16-11(8)12/h3-5,14H,12H2,1-2H3. The van der Waals surface area contributed by atoms with Gasteiger partial charge in [-0.15, -0.1) is 0 Å². The number of methoxy groups -OCH3 is 1. The van der Waals surface area contributed by atoms with Crippen LogP contribution in [0, 0.1) is 6.92 Å². The zero-order valence-electron chi connectivity index (χ0n) is 9.02. The summed E-state index contributed by atoms with van der Waals surface area (Å²) >= 11 is 0. The number of hydrogen-bond acceptors (Lipinski definition) is 5. The molecule has 0 amide bonds. The smallest absolute Gasteiger partial charge is 0.230 e. The summed E-state index contributed by atoms with van der Waals surface area (Å²) in [6.45, 7) is 1.77. The predicted octanol–water partition coefficient (Wildman–Crippen LogP) is 1.95. The quantitative estimate of drug-likeness (QED) is 0.808. The van der Waals surface area contributed by atoms with E-state index in [9.17, 15) is 5.11 Å². The van der Waals surface area contributed by atoms with Gasteiger partial charge in [-0.3, -0.25) is 0 Å². The third-order valence-electron chi connectivity index (χ3n) is 2.49. The van der Waals surface area contributed by atoms with E-state index in [4.69, 9.17) is 15.0 Å². The van der Waals surface area contributed by atoms with Crippen LogP contribution in [0.5, 0.6) is 11.5 Å². The van der Waals surface area contributed by atoms with Gasteiger partial charge in [0.05, 0.1) is 18.9 Å². The van der Waals surface area contributed by atoms with Crippen LogP contribution < -0.4 is 10.5 Å². The summed E-state index contributed by atoms with van der Waals surface area (Å²) in [5.41, 5.74) is 7.40. The fourth-order valence-electron chi connectivity index (χ4n) is 1.57. The van der Waals surface area contributed by atoms with Crippen molar-refractivity contribution < 1.29 is 14.4 Å². The molecule has 1 aromatic carbocycles. The number of phenolic OH excluding ortho intramolecular Hbond substituents is 1. The molecular weight excluding hydrogens is 208 g/mol. The van der Waals surface area contributed by atoms with Gasteiger partial charge in [0.1, 0.15) is 11.5 Å². The summed E-state index contributed by atoms with van der Waals surface area (Å²) in [6, 6.07) is 3.47. The second-order valence-corrected chi connectivity index (χ2v) is 3.39. The van der Waals surface area contributed by atoms with Crippen molar-refractivity contribution in [2.75, 3.05) is 12.8 Å². The summed E-state index contributed by atoms with van der Waals surface area (Å²) < 4.78 is 9.85. The van der Waals surface area contributed by atoms with Gasteiger partial charge in [0.25, 0.3) is 0 Å². The number of rotatable bonds is 2. The summed E-state index contributed by atoms with van der Waals surface area (Å²) in [4.78, 5) is 0. The van der Waals surface area contributed by atoms with Gasteiger partial charge in [-0.1, -0.05) is 5.16 Å². The van der Waals surface area contributed by atoms with E-state index in [1.807, 2.05) is 0 Å². The molecule has 0 fully saturated rings. The monoisotopic (exact) mass is 220 g/mol. The van der Waals surface area contributed by atoms with Gasteiger partial charge >= 0.3 is 0 Å². The summed E-state index contributed by atoms with van der Waals surface area (Å²) in [7, 11) is 1.55. The number of ether oxygens (including phenoxy) is 1. The lowest BCUT2D eigenvalue weighted by molar-refractivity contribution is 0.403. The van der Waals surface area contributed by atoms with Gasteiger partial charge in [-0.05, 0) is 19.1 Å². The Morgan fingerprint density at radius 2 is 2.12 bits per heavy atom. The minimum absolute atomic E-state index is 0.120. The zero-order valence-corrected chi connectivity index (χ0v) is 9.02. The first-order chi connectivity index (χ1) is 7.65. The van der Waals surface area contributed by atoms with Crippen molar-refractivity contribution >= 4 is 5.88 Å². The van der Waals surface area contributed by atoms with Crippen molar-refractivity contribution in [3.05, 3.63) is 23.9 Å². The van der Waals surface area contributed by atoms with E-state index >= 15 is 0 Å². The molecule has 0 aliphatic carbocycles. The van der Waals surface area contributed by atoms with Crippen LogP contribution in [0.1, 0.15) is 5.56 Å². The Bertz CT molecular complexity index is 520. The first-order valence-corrected chi connectivity index (χ1v) is 4.72. The first kappa shape index (κ1) is 10.4. The molecule has 0 spiro atoms. The molecule has 1 aromatic heterocycles. The Morgan fingerprint density at radius 1 is 1.38 bits per heavy atom. The van der Waals surface area contributed by atoms with Crippen LogP contribution in [0.15, 0.2) is 22.9 Å². The number of hydrogen-bond donors (Lipinski definition) is 2. The van der Waals surface area contributed by atoms with Crippen molar-refractivity contribution in [2.24, 2.45) is 0 Å². The molecular formula is C11H12N2O3. The number of nitrogens with two attached hydrogens (primary N) is 1. The van der Waals surface area contributed by atoms with Gasteiger partial charge in [-0.2, -0.15) is 0 Å². The van der Waals surface area contributed by atoms with Crippen LogP contribution >= 0.6 is 0 Å². The molecule has 84 valence electrons. The number of nitrogen functional groups attached to an aromatic ring is 1. The highest BCUT2D eigenvalue weighted by Crippen LogP contribution is 2.38. The Labute approximate surface area is 92.4 Å². The third-order valence-corrected chi connectivity index (χ3v) is 2.49. The van der Waals surface area contributed by atoms with Crippen molar-refractivity contribution in [1.82, 2.24) is 5.16 Å². The highest BCUT2D eigenvalue weighted by molar-refractivity contribution is 5.78. The largest absolute Gasteiger partial charge is 0.507 e. The Morgan fingerprint density at radius 3 is 2.69 bits per heavy atom. The molecule has 0 aliphatic rings. The van der Waals surface area contributed by atoms with Gasteiger partial charge in [0.15, 0.2) is 0 Å². The van der Waals surface area contributed by atoms with Gasteiger partial charge < -0.3 is 20.1 Å². The van der Waals surface area contributed by atoms with Crippen LogP contribution in [0.3, 0.4) is 0 Å². The Balaban J connectivity index is 2.60. The number of aromatic nitrogens is 1. The first-order valence-electron chi connectivity index (χ1n) is 4.72. The second-order valence-electron chi connectivity index (χ2n) is 3.39. The molecule has 1 heterocycles. The number of aromatic hydroxyl groups is 1. The summed E-state index contributed by atoms with van der Waals surface area (Å²) in [6.07, 6.45) is 1.47. The highest BCUT2D eigenvalue weighted by Gasteiger charge is 2.15. The molecule has 3 N–H and O–H groups in total. The maximum atomic E-state index is 10.0. The molecule has 16 heavy (non-hydrogen) atoms. The molecule has 0 bridgehead atoms. The van der Waals surface area contributed by atoms with Crippen LogP contribution in [0.4, 0.5) is 5.88 Å². The molecule has 0 unspecified atom stereocenters. The van der Waals surface area contributed by atoms with Crippen LogP contribution in [0.25, 0.3) is 11.1 Å². The molecule has 0 saturated heterocycles. The van der Waals surface area contributed by atoms with E-state index < -0.39 is 0 Å². The van der Waals surface area contributed by atoms with Gasteiger partial charge in [0, 0.05) is 11.1 Å². The SMILES string of the molecule is COc1ccc(-c2cnoc2N)c(O)c1C. The maximum absolute atomic E-state index is 10.0. The van der Waals surface area contributed by atoms with E-state index in [1.54, 1.807) is 26.2 Å². The van der Waals surface area contributed by atoms with E-state index in [0.717, 1.165) is 0 Å². The van der Waals surface area contributed by atoms with Crippen molar-refractivity contribution in [3.63, 3.8) is 0 Å². The molecule has 2 aromatic rings. The summed E-state index contributed by atoms with van der Waals surface area (Å²) in [5.74, 6) is 0.922. The topological polar surface area (TPSA) is 81.5 Å². The summed E-state index contributed by atoms with van der Waals surface area (Å²) in [5, 5.41) is 13.6. The number of nitrogens with zero attached hydrogens (tertiary/aromatic N) is 1. The highest BCUT2D eigenvalue weighted by atomic mass is 16.5. The van der Waals surface area contributed by atoms with Crippen molar-refractivity contribution in [2.45, 2.75) is 6.92 Å². The van der Waals surface area contributed by atoms with E-state index in [2.05, 4.69) is 5.16 Å². The molecule has 2 rings (SSSR count). The van der Waals surface area contributed by atoms with Crippen LogP contribution in [-0.2, 0) is 0 Å². The second kappa shape index (κ2) is 3.77. The van der Waals surface area contributed by atoms with Crippen LogP contribution in [0.2, 0.25) is 0 Å². The maximum Gasteiger partial charge on any atom is 0.230 e. The minimum atomic E-state index is 0.120. The molecule has 5 heteroatoms. The lowest BCUT2D eigenvalue weighted by Crippen LogP contribution is -1.90. The molecule has 5 nitrogen and oxygen atoms in total. The molecule has 0 radical (unpaired) electrons. The average Bonchev–Trinajstić information content (AvgIpc) is 2.69. The lowest BCUT2D eigenvalue weighted by Gasteiger charge is -2.09. The zero-order chi connectivity index (χ0) is 11.7. The Kier molecular flexibility index (Phi) is 2.44. The molecule has 0 saturated carbocycles. The van der Waals surface area contributed by atoms with Crippen molar-refractivity contribution in [3.8, 4) is 22.6 Å². The van der Waals surface area contributed by atoms with E-state index in [1.165, 1.54) is 6.20 Å². The third kappa shape index (κ3) is 1.46. The van der Waals surface area contributed by atoms with E-state index in [-0.39, 0.29) is 11.6 Å². The molecule has 0 aliphatic heterocycles. The number of anilines is 1. The Hall–Kier alpha value is -2.17. The average molecular weight is 220 g/mol. The fraction of sp³-hybridized carbons (Fsp3) is 0.182.